The van der Waals surface area contributed by atoms with Gasteiger partial charge in [0.05, 0.1) is 11.4 Å². The summed E-state index contributed by atoms with van der Waals surface area (Å²) in [4.78, 5) is 9.66. The van der Waals surface area contributed by atoms with Gasteiger partial charge >= 0.3 is 0 Å². The number of ether oxygens (including phenoxy) is 1. The van der Waals surface area contributed by atoms with Crippen LogP contribution < -0.4 is 4.74 Å². The average molecular weight is 703 g/mol. The highest BCUT2D eigenvalue weighted by Gasteiger charge is 2.19. The smallest absolute Gasteiger partial charge is 0.153 e. The zero-order chi connectivity index (χ0) is 36.7. The van der Waals surface area contributed by atoms with Crippen molar-refractivity contribution < 1.29 is 4.74 Å². The highest BCUT2D eigenvalue weighted by molar-refractivity contribution is 6.05. The van der Waals surface area contributed by atoms with E-state index in [1.165, 1.54) is 27.3 Å². The normalized spacial score (nSPS) is 12.3. The number of rotatable bonds is 6. The maximum atomic E-state index is 6.26. The van der Waals surface area contributed by atoms with Crippen LogP contribution in [0.15, 0.2) is 201 Å². The van der Waals surface area contributed by atoms with Crippen molar-refractivity contribution in [3.05, 3.63) is 212 Å². The Morgan fingerprint density at radius 2 is 1.11 bits per heavy atom. The van der Waals surface area contributed by atoms with Crippen LogP contribution in [0.2, 0.25) is 0 Å². The number of hydrogen-bond acceptors (Lipinski definition) is 3. The molecule has 7 aromatic carbocycles. The van der Waals surface area contributed by atoms with E-state index in [-0.39, 0.29) is 0 Å². The molecule has 0 N–H and O–H groups in total. The van der Waals surface area contributed by atoms with Gasteiger partial charge in [0.15, 0.2) is 5.76 Å². The summed E-state index contributed by atoms with van der Waals surface area (Å²) in [5.74, 6) is 1.49. The van der Waals surface area contributed by atoms with Gasteiger partial charge in [0.25, 0.3) is 0 Å². The van der Waals surface area contributed by atoms with Crippen molar-refractivity contribution in [2.75, 3.05) is 0 Å². The first-order chi connectivity index (χ1) is 27.2. The Balaban J connectivity index is 1.01. The Kier molecular flexibility index (Phi) is 7.96. The molecule has 0 amide bonds. The molecule has 1 aliphatic rings. The summed E-state index contributed by atoms with van der Waals surface area (Å²) in [6, 6.07) is 64.1. The molecule has 0 radical (unpaired) electrons. The van der Waals surface area contributed by atoms with E-state index in [2.05, 4.69) is 163 Å². The summed E-state index contributed by atoms with van der Waals surface area (Å²) in [5, 5.41) is 4.75. The summed E-state index contributed by atoms with van der Waals surface area (Å²) in [5.41, 5.74) is 13.8. The maximum absolute atomic E-state index is 6.26. The van der Waals surface area contributed by atoms with Crippen LogP contribution in [0.5, 0.6) is 5.75 Å². The molecule has 55 heavy (non-hydrogen) atoms. The fourth-order valence-corrected chi connectivity index (χ4v) is 7.70. The molecule has 9 aromatic rings. The summed E-state index contributed by atoms with van der Waals surface area (Å²) in [7, 11) is 0. The molecule has 3 nitrogen and oxygen atoms in total. The highest BCUT2D eigenvalue weighted by atomic mass is 16.5. The molecule has 0 fully saturated rings. The lowest BCUT2D eigenvalue weighted by Crippen LogP contribution is -2.04. The van der Waals surface area contributed by atoms with Crippen LogP contribution in [-0.4, -0.2) is 9.97 Å². The lowest BCUT2D eigenvalue weighted by molar-refractivity contribution is 0.507. The van der Waals surface area contributed by atoms with Gasteiger partial charge in [0.2, 0.25) is 0 Å². The molecule has 0 spiro atoms. The second kappa shape index (κ2) is 13.6. The molecule has 2 aromatic heterocycles. The van der Waals surface area contributed by atoms with E-state index in [1.54, 1.807) is 6.20 Å². The summed E-state index contributed by atoms with van der Waals surface area (Å²) in [6.07, 6.45) is 3.74. The third-order valence-electron chi connectivity index (χ3n) is 10.5. The molecule has 3 heterocycles. The van der Waals surface area contributed by atoms with Gasteiger partial charge in [-0.05, 0) is 91.5 Å². The van der Waals surface area contributed by atoms with Crippen LogP contribution in [0.25, 0.3) is 88.8 Å². The minimum absolute atomic E-state index is 0.707. The Bertz CT molecular complexity index is 2930. The number of nitrogens with zero attached hydrogens (tertiary/aromatic N) is 2. The summed E-state index contributed by atoms with van der Waals surface area (Å²) in [6.45, 7) is 4.35. The minimum Gasteiger partial charge on any atom is -0.454 e. The van der Waals surface area contributed by atoms with Crippen molar-refractivity contribution in [3.8, 4) is 61.6 Å². The standard InChI is InChI=1S/C52H34N2O/c1-34-31-50(47-17-9-10-30-53-47)55-49-29-27-41(32-46(34)49)35-18-22-39(23-19-35)51-43-15-7-5-11-36(43)26-28-44(51)37-20-24-40(25-21-37)52-45-16-8-6-14-42(45)33-48(54-52)38-12-3-2-4-13-38/h2-33H,1H2. The molecule has 1 aliphatic heterocycles. The summed E-state index contributed by atoms with van der Waals surface area (Å²) < 4.78 is 6.26. The van der Waals surface area contributed by atoms with Crippen LogP contribution in [0.4, 0.5) is 0 Å². The summed E-state index contributed by atoms with van der Waals surface area (Å²) >= 11 is 0. The highest BCUT2D eigenvalue weighted by Crippen LogP contribution is 2.42. The van der Waals surface area contributed by atoms with Crippen molar-refractivity contribution in [1.29, 1.82) is 0 Å². The predicted octanol–water partition coefficient (Wildman–Crippen LogP) is 13.6. The zero-order valence-electron chi connectivity index (χ0n) is 30.0. The van der Waals surface area contributed by atoms with Gasteiger partial charge in [-0.3, -0.25) is 4.98 Å². The van der Waals surface area contributed by atoms with Crippen LogP contribution in [0.1, 0.15) is 11.3 Å². The number of allylic oxidation sites excluding steroid dienone is 2. The molecular formula is C52H34N2O. The third kappa shape index (κ3) is 5.98. The van der Waals surface area contributed by atoms with Gasteiger partial charge in [-0.2, -0.15) is 0 Å². The fourth-order valence-electron chi connectivity index (χ4n) is 7.70. The SMILES string of the molecule is C=C1C=C(c2ccccn2)Oc2ccc(-c3ccc(-c4c(-c5ccc(-c6nc(-c7ccccc7)cc7ccccc67)cc5)ccc5ccccc45)cc3)cc21. The van der Waals surface area contributed by atoms with Gasteiger partial charge in [-0.15, -0.1) is 0 Å². The van der Waals surface area contributed by atoms with Gasteiger partial charge < -0.3 is 4.74 Å². The predicted molar refractivity (Wildman–Crippen MR) is 228 cm³/mol. The fraction of sp³-hybridized carbons (Fsp3) is 0. The molecule has 10 rings (SSSR count). The molecule has 0 aliphatic carbocycles. The van der Waals surface area contributed by atoms with Crippen molar-refractivity contribution >= 4 is 32.9 Å². The quantitative estimate of drug-likeness (QED) is 0.173. The van der Waals surface area contributed by atoms with Crippen LogP contribution >= 0.6 is 0 Å². The van der Waals surface area contributed by atoms with E-state index in [4.69, 9.17) is 9.72 Å². The Morgan fingerprint density at radius 1 is 0.436 bits per heavy atom. The van der Waals surface area contributed by atoms with Gasteiger partial charge in [0.1, 0.15) is 11.4 Å². The number of pyridine rings is 2. The van der Waals surface area contributed by atoms with Gasteiger partial charge in [0, 0.05) is 28.3 Å². The first kappa shape index (κ1) is 32.3. The van der Waals surface area contributed by atoms with E-state index in [9.17, 15) is 0 Å². The Morgan fingerprint density at radius 3 is 1.91 bits per heavy atom. The second-order valence-corrected chi connectivity index (χ2v) is 13.9. The average Bonchev–Trinajstić information content (AvgIpc) is 3.26. The van der Waals surface area contributed by atoms with Crippen molar-refractivity contribution in [2.45, 2.75) is 0 Å². The van der Waals surface area contributed by atoms with E-state index in [0.717, 1.165) is 72.7 Å². The molecule has 0 unspecified atom stereocenters. The molecule has 3 heteroatoms. The molecule has 0 saturated heterocycles. The molecule has 258 valence electrons. The van der Waals surface area contributed by atoms with Crippen molar-refractivity contribution in [1.82, 2.24) is 9.97 Å². The molecular weight excluding hydrogens is 669 g/mol. The lowest BCUT2D eigenvalue weighted by atomic mass is 9.88. The van der Waals surface area contributed by atoms with Crippen LogP contribution in [0, 0.1) is 0 Å². The van der Waals surface area contributed by atoms with E-state index < -0.39 is 0 Å². The molecule has 0 bridgehead atoms. The van der Waals surface area contributed by atoms with Crippen molar-refractivity contribution in [3.63, 3.8) is 0 Å². The second-order valence-electron chi connectivity index (χ2n) is 13.9. The van der Waals surface area contributed by atoms with E-state index in [1.807, 2.05) is 36.4 Å². The Hall–Kier alpha value is -7.36. The minimum atomic E-state index is 0.707. The van der Waals surface area contributed by atoms with Gasteiger partial charge in [-0.1, -0.05) is 158 Å². The van der Waals surface area contributed by atoms with E-state index >= 15 is 0 Å². The van der Waals surface area contributed by atoms with Crippen LogP contribution in [0.3, 0.4) is 0 Å². The van der Waals surface area contributed by atoms with Gasteiger partial charge in [-0.25, -0.2) is 4.98 Å². The first-order valence-corrected chi connectivity index (χ1v) is 18.5. The zero-order valence-corrected chi connectivity index (χ0v) is 30.0. The molecule has 0 atom stereocenters. The number of hydrogen-bond donors (Lipinski definition) is 0. The number of aromatic nitrogens is 2. The third-order valence-corrected chi connectivity index (χ3v) is 10.5. The van der Waals surface area contributed by atoms with Crippen LogP contribution in [-0.2, 0) is 0 Å². The number of fused-ring (bicyclic) bond motifs is 3. The molecule has 0 saturated carbocycles. The lowest BCUT2D eigenvalue weighted by Gasteiger charge is -2.20. The maximum Gasteiger partial charge on any atom is 0.153 e. The number of benzene rings is 7. The topological polar surface area (TPSA) is 35.0 Å². The Labute approximate surface area is 320 Å². The van der Waals surface area contributed by atoms with Crippen molar-refractivity contribution in [2.24, 2.45) is 0 Å². The monoisotopic (exact) mass is 702 g/mol. The van der Waals surface area contributed by atoms with E-state index in [0.29, 0.717) is 5.76 Å². The first-order valence-electron chi connectivity index (χ1n) is 18.5. The largest absolute Gasteiger partial charge is 0.454 e.